The minimum atomic E-state index is -0.448. The SMILES string of the molecule is CCCNC(=O)C(C)Nc1cc(C(=O)OCC)ccc1N. The summed E-state index contributed by atoms with van der Waals surface area (Å²) in [5.74, 6) is -0.526. The highest BCUT2D eigenvalue weighted by Crippen LogP contribution is 2.21. The van der Waals surface area contributed by atoms with Gasteiger partial charge >= 0.3 is 5.97 Å². The van der Waals surface area contributed by atoms with Crippen molar-refractivity contribution in [2.24, 2.45) is 0 Å². The van der Waals surface area contributed by atoms with Crippen molar-refractivity contribution < 1.29 is 14.3 Å². The van der Waals surface area contributed by atoms with Gasteiger partial charge in [0.1, 0.15) is 6.04 Å². The normalized spacial score (nSPS) is 11.6. The van der Waals surface area contributed by atoms with E-state index in [0.717, 1.165) is 6.42 Å². The maximum Gasteiger partial charge on any atom is 0.338 e. The van der Waals surface area contributed by atoms with Gasteiger partial charge in [0.25, 0.3) is 0 Å². The minimum Gasteiger partial charge on any atom is -0.462 e. The summed E-state index contributed by atoms with van der Waals surface area (Å²) >= 11 is 0. The number of hydrogen-bond donors (Lipinski definition) is 3. The Bertz CT molecular complexity index is 503. The van der Waals surface area contributed by atoms with Crippen LogP contribution >= 0.6 is 0 Å². The summed E-state index contributed by atoms with van der Waals surface area (Å²) in [4.78, 5) is 23.5. The zero-order valence-corrected chi connectivity index (χ0v) is 12.7. The number of amides is 1. The molecule has 0 aromatic heterocycles. The van der Waals surface area contributed by atoms with Crippen LogP contribution in [-0.4, -0.2) is 31.1 Å². The van der Waals surface area contributed by atoms with Crippen molar-refractivity contribution in [1.82, 2.24) is 5.32 Å². The Kier molecular flexibility index (Phi) is 6.52. The maximum atomic E-state index is 11.8. The lowest BCUT2D eigenvalue weighted by molar-refractivity contribution is -0.121. The van der Waals surface area contributed by atoms with Gasteiger partial charge < -0.3 is 21.1 Å². The molecule has 0 fully saturated rings. The standard InChI is InChI=1S/C15H23N3O3/c1-4-8-17-14(19)10(3)18-13-9-11(6-7-12(13)16)15(20)21-5-2/h6-7,9-10,18H,4-5,8,16H2,1-3H3,(H,17,19). The largest absolute Gasteiger partial charge is 0.462 e. The fraction of sp³-hybridized carbons (Fsp3) is 0.467. The number of esters is 1. The highest BCUT2D eigenvalue weighted by Gasteiger charge is 2.15. The quantitative estimate of drug-likeness (QED) is 0.526. The fourth-order valence-electron chi connectivity index (χ4n) is 1.72. The van der Waals surface area contributed by atoms with Crippen LogP contribution in [0.1, 0.15) is 37.6 Å². The lowest BCUT2D eigenvalue weighted by atomic mass is 10.1. The van der Waals surface area contributed by atoms with Crippen LogP contribution in [-0.2, 0) is 9.53 Å². The molecule has 0 heterocycles. The fourth-order valence-corrected chi connectivity index (χ4v) is 1.72. The molecule has 1 aromatic carbocycles. The van der Waals surface area contributed by atoms with Gasteiger partial charge in [0.15, 0.2) is 0 Å². The van der Waals surface area contributed by atoms with Gasteiger partial charge in [-0.2, -0.15) is 0 Å². The van der Waals surface area contributed by atoms with Crippen molar-refractivity contribution in [3.8, 4) is 0 Å². The monoisotopic (exact) mass is 293 g/mol. The number of anilines is 2. The summed E-state index contributed by atoms with van der Waals surface area (Å²) in [6.07, 6.45) is 0.874. The van der Waals surface area contributed by atoms with Gasteiger partial charge in [-0.25, -0.2) is 4.79 Å². The Morgan fingerprint density at radius 2 is 2.05 bits per heavy atom. The first-order valence-electron chi connectivity index (χ1n) is 7.10. The molecule has 116 valence electrons. The summed E-state index contributed by atoms with van der Waals surface area (Å²) in [7, 11) is 0. The third kappa shape index (κ3) is 4.98. The van der Waals surface area contributed by atoms with E-state index >= 15 is 0 Å². The summed E-state index contributed by atoms with van der Waals surface area (Å²) in [5.41, 5.74) is 7.28. The van der Waals surface area contributed by atoms with E-state index in [-0.39, 0.29) is 5.91 Å². The second-order valence-corrected chi connectivity index (χ2v) is 4.68. The maximum absolute atomic E-state index is 11.8. The predicted molar refractivity (Wildman–Crippen MR) is 83.2 cm³/mol. The molecule has 6 nitrogen and oxygen atoms in total. The number of hydrogen-bond acceptors (Lipinski definition) is 5. The van der Waals surface area contributed by atoms with Crippen molar-refractivity contribution in [1.29, 1.82) is 0 Å². The Morgan fingerprint density at radius 3 is 2.67 bits per heavy atom. The molecule has 0 aliphatic rings. The lowest BCUT2D eigenvalue weighted by Gasteiger charge is -2.17. The first-order valence-corrected chi connectivity index (χ1v) is 7.10. The third-order valence-electron chi connectivity index (χ3n) is 2.88. The van der Waals surface area contributed by atoms with Crippen LogP contribution in [0.2, 0.25) is 0 Å². The number of nitrogens with two attached hydrogens (primary N) is 1. The van der Waals surface area contributed by atoms with E-state index in [1.54, 1.807) is 32.0 Å². The molecule has 1 unspecified atom stereocenters. The van der Waals surface area contributed by atoms with Gasteiger partial charge in [0.2, 0.25) is 5.91 Å². The number of carbonyl (C=O) groups excluding carboxylic acids is 2. The first-order chi connectivity index (χ1) is 9.99. The highest BCUT2D eigenvalue weighted by molar-refractivity contribution is 5.93. The van der Waals surface area contributed by atoms with Crippen LogP contribution in [0.4, 0.5) is 11.4 Å². The van der Waals surface area contributed by atoms with Gasteiger partial charge in [0, 0.05) is 6.54 Å². The van der Waals surface area contributed by atoms with Crippen molar-refractivity contribution in [3.63, 3.8) is 0 Å². The van der Waals surface area contributed by atoms with E-state index in [0.29, 0.717) is 30.1 Å². The van der Waals surface area contributed by atoms with Crippen LogP contribution < -0.4 is 16.4 Å². The lowest BCUT2D eigenvalue weighted by Crippen LogP contribution is -2.38. The zero-order chi connectivity index (χ0) is 15.8. The number of nitrogens with one attached hydrogen (secondary N) is 2. The molecule has 0 saturated heterocycles. The van der Waals surface area contributed by atoms with Crippen molar-refractivity contribution in [2.75, 3.05) is 24.2 Å². The molecule has 0 aliphatic heterocycles. The van der Waals surface area contributed by atoms with Crippen LogP contribution in [0.15, 0.2) is 18.2 Å². The molecule has 21 heavy (non-hydrogen) atoms. The van der Waals surface area contributed by atoms with Crippen molar-refractivity contribution in [2.45, 2.75) is 33.2 Å². The minimum absolute atomic E-state index is 0.113. The number of nitrogen functional groups attached to an aromatic ring is 1. The topological polar surface area (TPSA) is 93.5 Å². The van der Waals surface area contributed by atoms with Crippen LogP contribution in [0.5, 0.6) is 0 Å². The number of ether oxygens (including phenoxy) is 1. The van der Waals surface area contributed by atoms with E-state index in [2.05, 4.69) is 10.6 Å². The molecular weight excluding hydrogens is 270 g/mol. The second-order valence-electron chi connectivity index (χ2n) is 4.68. The first kappa shape index (κ1) is 16.8. The average Bonchev–Trinajstić information content (AvgIpc) is 2.47. The molecule has 0 saturated carbocycles. The smallest absolute Gasteiger partial charge is 0.338 e. The Morgan fingerprint density at radius 1 is 1.33 bits per heavy atom. The molecule has 0 spiro atoms. The van der Waals surface area contributed by atoms with E-state index in [4.69, 9.17) is 10.5 Å². The molecular formula is C15H23N3O3. The molecule has 1 atom stereocenters. The second kappa shape index (κ2) is 8.14. The predicted octanol–water partition coefficient (Wildman–Crippen LogP) is 1.77. The van der Waals surface area contributed by atoms with Crippen LogP contribution in [0.3, 0.4) is 0 Å². The summed E-state index contributed by atoms with van der Waals surface area (Å²) in [6.45, 7) is 6.40. The Hall–Kier alpha value is -2.24. The van der Waals surface area contributed by atoms with E-state index < -0.39 is 12.0 Å². The Labute approximate surface area is 125 Å². The molecule has 1 rings (SSSR count). The average molecular weight is 293 g/mol. The number of rotatable bonds is 7. The molecule has 4 N–H and O–H groups in total. The number of benzene rings is 1. The van der Waals surface area contributed by atoms with Gasteiger partial charge in [-0.15, -0.1) is 0 Å². The summed E-state index contributed by atoms with van der Waals surface area (Å²) < 4.78 is 4.94. The molecule has 1 aromatic rings. The van der Waals surface area contributed by atoms with Crippen molar-refractivity contribution >= 4 is 23.3 Å². The van der Waals surface area contributed by atoms with E-state index in [1.807, 2.05) is 6.92 Å². The van der Waals surface area contributed by atoms with Gasteiger partial charge in [-0.05, 0) is 38.5 Å². The Balaban J connectivity index is 2.80. The third-order valence-corrected chi connectivity index (χ3v) is 2.88. The van der Waals surface area contributed by atoms with Gasteiger partial charge in [0.05, 0.1) is 23.5 Å². The molecule has 0 bridgehead atoms. The molecule has 1 amide bonds. The van der Waals surface area contributed by atoms with Crippen molar-refractivity contribution in [3.05, 3.63) is 23.8 Å². The van der Waals surface area contributed by atoms with E-state index in [9.17, 15) is 9.59 Å². The zero-order valence-electron chi connectivity index (χ0n) is 12.7. The molecule has 0 aliphatic carbocycles. The highest BCUT2D eigenvalue weighted by atomic mass is 16.5. The van der Waals surface area contributed by atoms with Crippen LogP contribution in [0, 0.1) is 0 Å². The van der Waals surface area contributed by atoms with E-state index in [1.165, 1.54) is 0 Å². The molecule has 6 heteroatoms. The number of carbonyl (C=O) groups is 2. The summed E-state index contributed by atoms with van der Waals surface area (Å²) in [6, 6.07) is 4.36. The summed E-state index contributed by atoms with van der Waals surface area (Å²) in [5, 5.41) is 5.81. The molecule has 0 radical (unpaired) electrons. The van der Waals surface area contributed by atoms with Gasteiger partial charge in [-0.1, -0.05) is 6.92 Å². The van der Waals surface area contributed by atoms with Crippen LogP contribution in [0.25, 0.3) is 0 Å². The van der Waals surface area contributed by atoms with Gasteiger partial charge in [-0.3, -0.25) is 4.79 Å².